The van der Waals surface area contributed by atoms with Crippen LogP contribution in [0.5, 0.6) is 0 Å². The minimum absolute atomic E-state index is 0.0215. The molecule has 0 saturated carbocycles. The summed E-state index contributed by atoms with van der Waals surface area (Å²) in [5.74, 6) is -1.91. The van der Waals surface area contributed by atoms with E-state index in [1.807, 2.05) is 30.3 Å². The maximum Gasteiger partial charge on any atom is 0.333 e. The molecular formula is C19H26O5. The van der Waals surface area contributed by atoms with Gasteiger partial charge in [0.15, 0.2) is 0 Å². The first-order valence-electron chi connectivity index (χ1n) is 8.23. The lowest BCUT2D eigenvalue weighted by atomic mass is 9.90. The van der Waals surface area contributed by atoms with Crippen LogP contribution in [0, 0.1) is 5.92 Å². The van der Waals surface area contributed by atoms with Crippen molar-refractivity contribution in [3.63, 3.8) is 0 Å². The average Bonchev–Trinajstić information content (AvgIpc) is 2.58. The third kappa shape index (κ3) is 6.54. The van der Waals surface area contributed by atoms with Gasteiger partial charge >= 0.3 is 11.9 Å². The zero-order chi connectivity index (χ0) is 17.9. The number of rotatable bonds is 10. The predicted molar refractivity (Wildman–Crippen MR) is 91.3 cm³/mol. The lowest BCUT2D eigenvalue weighted by Crippen LogP contribution is -2.32. The summed E-state index contributed by atoms with van der Waals surface area (Å²) in [6.07, 6.45) is 0.122. The van der Waals surface area contributed by atoms with Gasteiger partial charge in [0.25, 0.3) is 0 Å². The Morgan fingerprint density at radius 3 is 2.33 bits per heavy atom. The number of hydrogen-bond donors (Lipinski definition) is 1. The largest absolute Gasteiger partial charge is 0.466 e. The fourth-order valence-electron chi connectivity index (χ4n) is 2.37. The first-order valence-corrected chi connectivity index (χ1v) is 8.23. The summed E-state index contributed by atoms with van der Waals surface area (Å²) in [6.45, 7) is 7.51. The van der Waals surface area contributed by atoms with Gasteiger partial charge in [-0.1, -0.05) is 36.9 Å². The van der Waals surface area contributed by atoms with E-state index in [0.29, 0.717) is 12.8 Å². The van der Waals surface area contributed by atoms with E-state index >= 15 is 0 Å². The van der Waals surface area contributed by atoms with Crippen LogP contribution in [-0.4, -0.2) is 36.4 Å². The van der Waals surface area contributed by atoms with Crippen molar-refractivity contribution in [1.82, 2.24) is 0 Å². The Labute approximate surface area is 143 Å². The van der Waals surface area contributed by atoms with Gasteiger partial charge in [0.2, 0.25) is 0 Å². The van der Waals surface area contributed by atoms with Crippen molar-refractivity contribution < 1.29 is 24.2 Å². The number of aliphatic hydroxyl groups is 1. The van der Waals surface area contributed by atoms with Crippen LogP contribution in [0.15, 0.2) is 42.5 Å². The van der Waals surface area contributed by atoms with E-state index < -0.39 is 24.0 Å². The second-order valence-electron chi connectivity index (χ2n) is 5.48. The Morgan fingerprint density at radius 2 is 1.75 bits per heavy atom. The highest BCUT2D eigenvalue weighted by atomic mass is 16.5. The molecule has 0 radical (unpaired) electrons. The van der Waals surface area contributed by atoms with Crippen LogP contribution in [0.3, 0.4) is 0 Å². The second-order valence-corrected chi connectivity index (χ2v) is 5.48. The first kappa shape index (κ1) is 19.9. The molecule has 1 aromatic rings. The van der Waals surface area contributed by atoms with Gasteiger partial charge in [-0.25, -0.2) is 4.79 Å². The van der Waals surface area contributed by atoms with Gasteiger partial charge in [-0.2, -0.15) is 0 Å². The summed E-state index contributed by atoms with van der Waals surface area (Å²) >= 11 is 0. The van der Waals surface area contributed by atoms with Gasteiger partial charge in [0, 0.05) is 5.57 Å². The van der Waals surface area contributed by atoms with E-state index in [4.69, 9.17) is 9.47 Å². The molecule has 0 aliphatic heterocycles. The van der Waals surface area contributed by atoms with Crippen molar-refractivity contribution in [3.05, 3.63) is 48.0 Å². The van der Waals surface area contributed by atoms with Gasteiger partial charge < -0.3 is 14.6 Å². The van der Waals surface area contributed by atoms with Gasteiger partial charge in [-0.3, -0.25) is 4.79 Å². The number of carbonyl (C=O) groups is 2. The molecule has 0 unspecified atom stereocenters. The molecule has 5 heteroatoms. The second kappa shape index (κ2) is 10.6. The maximum atomic E-state index is 12.1. The smallest absolute Gasteiger partial charge is 0.333 e. The van der Waals surface area contributed by atoms with Crippen LogP contribution in [0.1, 0.15) is 32.3 Å². The Hall–Kier alpha value is -2.14. The van der Waals surface area contributed by atoms with Gasteiger partial charge in [-0.05, 0) is 38.7 Å². The van der Waals surface area contributed by atoms with Crippen molar-refractivity contribution >= 4 is 11.9 Å². The van der Waals surface area contributed by atoms with Crippen LogP contribution < -0.4 is 0 Å². The van der Waals surface area contributed by atoms with E-state index in [0.717, 1.165) is 5.56 Å². The van der Waals surface area contributed by atoms with Crippen molar-refractivity contribution in [2.24, 2.45) is 5.92 Å². The van der Waals surface area contributed by atoms with Crippen molar-refractivity contribution in [1.29, 1.82) is 0 Å². The molecule has 24 heavy (non-hydrogen) atoms. The molecule has 0 aliphatic rings. The van der Waals surface area contributed by atoms with Gasteiger partial charge in [0.1, 0.15) is 0 Å². The standard InChI is InChI=1S/C19H26O5/c1-4-23-18(21)14(3)13-16(19(22)24-5-2)17(20)12-11-15-9-7-6-8-10-15/h6-10,16-17,20H,3-5,11-13H2,1-2H3/t16-,17+/m0/s1. The van der Waals surface area contributed by atoms with Crippen molar-refractivity contribution in [2.75, 3.05) is 13.2 Å². The molecule has 0 heterocycles. The molecule has 0 aromatic heterocycles. The summed E-state index contributed by atoms with van der Waals surface area (Å²) in [5, 5.41) is 10.4. The summed E-state index contributed by atoms with van der Waals surface area (Å²) in [5.41, 5.74) is 1.23. The Morgan fingerprint density at radius 1 is 1.12 bits per heavy atom. The fourth-order valence-corrected chi connectivity index (χ4v) is 2.37. The van der Waals surface area contributed by atoms with Crippen LogP contribution in [0.2, 0.25) is 0 Å². The molecule has 0 amide bonds. The van der Waals surface area contributed by atoms with Crippen molar-refractivity contribution in [3.8, 4) is 0 Å². The minimum Gasteiger partial charge on any atom is -0.466 e. The summed E-state index contributed by atoms with van der Waals surface area (Å²) in [4.78, 5) is 23.8. The zero-order valence-electron chi connectivity index (χ0n) is 14.4. The Balaban J connectivity index is 2.71. The number of hydrogen-bond acceptors (Lipinski definition) is 5. The van der Waals surface area contributed by atoms with Gasteiger partial charge in [0.05, 0.1) is 25.2 Å². The third-order valence-corrected chi connectivity index (χ3v) is 3.66. The highest BCUT2D eigenvalue weighted by Crippen LogP contribution is 2.21. The summed E-state index contributed by atoms with van der Waals surface area (Å²) in [6, 6.07) is 9.69. The quantitative estimate of drug-likeness (QED) is 0.526. The molecule has 132 valence electrons. The number of esters is 2. The first-order chi connectivity index (χ1) is 11.5. The normalized spacial score (nSPS) is 13.0. The Bertz CT molecular complexity index is 538. The average molecular weight is 334 g/mol. The lowest BCUT2D eigenvalue weighted by molar-refractivity contribution is -0.152. The molecule has 0 saturated heterocycles. The topological polar surface area (TPSA) is 72.8 Å². The van der Waals surface area contributed by atoms with E-state index in [1.54, 1.807) is 13.8 Å². The summed E-state index contributed by atoms with van der Waals surface area (Å²) in [7, 11) is 0. The van der Waals surface area contributed by atoms with E-state index in [9.17, 15) is 14.7 Å². The molecule has 2 atom stereocenters. The molecule has 0 bridgehead atoms. The third-order valence-electron chi connectivity index (χ3n) is 3.66. The van der Waals surface area contributed by atoms with Crippen LogP contribution in [0.25, 0.3) is 0 Å². The van der Waals surface area contributed by atoms with E-state index in [1.165, 1.54) is 0 Å². The molecule has 0 aliphatic carbocycles. The van der Waals surface area contributed by atoms with E-state index in [-0.39, 0.29) is 25.2 Å². The number of aliphatic hydroxyl groups excluding tert-OH is 1. The maximum absolute atomic E-state index is 12.1. The molecular weight excluding hydrogens is 308 g/mol. The minimum atomic E-state index is -0.921. The molecule has 1 aromatic carbocycles. The van der Waals surface area contributed by atoms with Crippen LogP contribution in [-0.2, 0) is 25.5 Å². The van der Waals surface area contributed by atoms with Crippen LogP contribution in [0.4, 0.5) is 0 Å². The zero-order valence-corrected chi connectivity index (χ0v) is 14.4. The number of benzene rings is 1. The van der Waals surface area contributed by atoms with Crippen molar-refractivity contribution in [2.45, 2.75) is 39.2 Å². The predicted octanol–water partition coefficient (Wildman–Crippen LogP) is 2.67. The van der Waals surface area contributed by atoms with Crippen LogP contribution >= 0.6 is 0 Å². The van der Waals surface area contributed by atoms with E-state index in [2.05, 4.69) is 6.58 Å². The number of ether oxygens (including phenoxy) is 2. The highest BCUT2D eigenvalue weighted by molar-refractivity contribution is 5.88. The number of aryl methyl sites for hydroxylation is 1. The molecule has 0 spiro atoms. The summed E-state index contributed by atoms with van der Waals surface area (Å²) < 4.78 is 9.91. The van der Waals surface area contributed by atoms with Gasteiger partial charge in [-0.15, -0.1) is 0 Å². The Kier molecular flexibility index (Phi) is 8.79. The SMILES string of the molecule is C=C(C[C@H](C(=O)OCC)[C@H](O)CCc1ccccc1)C(=O)OCC. The molecule has 5 nitrogen and oxygen atoms in total. The molecule has 0 fully saturated rings. The molecule has 1 rings (SSSR count). The molecule has 1 N–H and O–H groups in total. The number of carbonyl (C=O) groups excluding carboxylic acids is 2. The fraction of sp³-hybridized carbons (Fsp3) is 0.474. The monoisotopic (exact) mass is 334 g/mol. The lowest BCUT2D eigenvalue weighted by Gasteiger charge is -2.22. The highest BCUT2D eigenvalue weighted by Gasteiger charge is 2.30.